The van der Waals surface area contributed by atoms with Crippen LogP contribution in [-0.4, -0.2) is 91.8 Å². The largest absolute Gasteiger partial charge is 0.435 e. The molecule has 0 radical (unpaired) electrons. The monoisotopic (exact) mass is 695 g/mol. The summed E-state index contributed by atoms with van der Waals surface area (Å²) in [6.07, 6.45) is 8.03. The first-order chi connectivity index (χ1) is 23.4. The Kier molecular flexibility index (Phi) is 7.84. The molecule has 49 heavy (non-hydrogen) atoms. The number of piperazine rings is 1. The molecule has 2 amide bonds. The van der Waals surface area contributed by atoms with E-state index in [0.717, 1.165) is 82.5 Å². The molecule has 4 fully saturated rings. The average Bonchev–Trinajstić information content (AvgIpc) is 3.69. The third-order valence-corrected chi connectivity index (χ3v) is 13.4. The number of alkyl halides is 2. The zero-order chi connectivity index (χ0) is 34.4. The number of likely N-dealkylation sites (N-methyl/N-ethyl adjacent to an activating group) is 1. The highest BCUT2D eigenvalue weighted by Gasteiger charge is 2.64. The van der Waals surface area contributed by atoms with Gasteiger partial charge in [0.25, 0.3) is 5.91 Å². The van der Waals surface area contributed by atoms with Crippen molar-refractivity contribution in [2.24, 2.45) is 5.41 Å². The zero-order valence-corrected chi connectivity index (χ0v) is 28.9. The smallest absolute Gasteiger partial charge is 0.387 e. The van der Waals surface area contributed by atoms with Crippen LogP contribution in [0.25, 0.3) is 22.2 Å². The van der Waals surface area contributed by atoms with Gasteiger partial charge in [0, 0.05) is 73.8 Å². The Balaban J connectivity index is 1.31. The molecule has 3 aromatic rings. The summed E-state index contributed by atoms with van der Waals surface area (Å²) in [5.74, 6) is -0.519. The van der Waals surface area contributed by atoms with Crippen molar-refractivity contribution in [2.75, 3.05) is 34.2 Å². The van der Waals surface area contributed by atoms with Gasteiger partial charge in [-0.3, -0.25) is 14.5 Å². The standard InChI is InChI=1S/C36H43F2N5O5S/c1-40(2)49(46,47)39-33(44)22-9-13-27-30(15-22)43-20-36(34(45)42-18-23-10-11-24(19-42)41(23)3)17-29(36)28-16-25(48-35(37)38)12-14-26(28)32(43)31(27)21-7-5-4-6-8-21/h9,12-16,21,23-24,29,35H,4-8,10-11,17-20H2,1-3H3,(H,39,44). The average molecular weight is 696 g/mol. The van der Waals surface area contributed by atoms with Crippen LogP contribution in [0, 0.1) is 5.41 Å². The zero-order valence-electron chi connectivity index (χ0n) is 28.1. The first-order valence-electron chi connectivity index (χ1n) is 17.4. The molecule has 4 atom stereocenters. The maximum Gasteiger partial charge on any atom is 0.387 e. The summed E-state index contributed by atoms with van der Waals surface area (Å²) in [4.78, 5) is 32.6. The van der Waals surface area contributed by atoms with Gasteiger partial charge in [0.05, 0.1) is 11.1 Å². The summed E-state index contributed by atoms with van der Waals surface area (Å²) in [7, 11) is 0.820. The van der Waals surface area contributed by atoms with E-state index in [1.807, 2.05) is 17.0 Å². The van der Waals surface area contributed by atoms with Crippen molar-refractivity contribution in [1.82, 2.24) is 23.4 Å². The molecule has 2 saturated heterocycles. The quantitative estimate of drug-likeness (QED) is 0.361. The van der Waals surface area contributed by atoms with Crippen LogP contribution >= 0.6 is 0 Å². The second-order valence-electron chi connectivity index (χ2n) is 14.9. The van der Waals surface area contributed by atoms with Gasteiger partial charge >= 0.3 is 16.8 Å². The lowest BCUT2D eigenvalue weighted by Gasteiger charge is -2.40. The Morgan fingerprint density at radius 3 is 2.39 bits per heavy atom. The lowest BCUT2D eigenvalue weighted by atomic mass is 9.81. The second-order valence-corrected chi connectivity index (χ2v) is 16.8. The minimum absolute atomic E-state index is 0.0736. The molecular weight excluding hydrogens is 652 g/mol. The van der Waals surface area contributed by atoms with E-state index in [0.29, 0.717) is 38.1 Å². The fraction of sp³-hybridized carbons (Fsp3) is 0.556. The van der Waals surface area contributed by atoms with E-state index >= 15 is 0 Å². The minimum Gasteiger partial charge on any atom is -0.435 e. The molecule has 2 aromatic carbocycles. The molecular formula is C36H43F2N5O5S. The number of carbonyl (C=O) groups is 2. The number of carbonyl (C=O) groups excluding carboxylic acids is 2. The Bertz CT molecular complexity index is 1940. The molecule has 1 aromatic heterocycles. The minimum atomic E-state index is -4.02. The van der Waals surface area contributed by atoms with Crippen molar-refractivity contribution in [3.05, 3.63) is 53.1 Å². The number of aromatic nitrogens is 1. The van der Waals surface area contributed by atoms with Crippen LogP contribution in [0.5, 0.6) is 5.75 Å². The molecule has 262 valence electrons. The predicted molar refractivity (Wildman–Crippen MR) is 181 cm³/mol. The number of likely N-dealkylation sites (tertiary alicyclic amines) is 1. The van der Waals surface area contributed by atoms with Gasteiger partial charge in [-0.15, -0.1) is 0 Å². The molecule has 4 heterocycles. The Morgan fingerprint density at radius 1 is 1.00 bits per heavy atom. The highest BCUT2D eigenvalue weighted by Crippen LogP contribution is 2.66. The van der Waals surface area contributed by atoms with Crippen LogP contribution in [0.2, 0.25) is 0 Å². The van der Waals surface area contributed by atoms with Crippen LogP contribution in [0.3, 0.4) is 0 Å². The molecule has 0 spiro atoms. The molecule has 13 heteroatoms. The Morgan fingerprint density at radius 2 is 1.71 bits per heavy atom. The first kappa shape index (κ1) is 32.6. The Hall–Kier alpha value is -3.55. The summed E-state index contributed by atoms with van der Waals surface area (Å²) in [6.45, 7) is -1.27. The third-order valence-electron chi connectivity index (χ3n) is 12.0. The number of benzene rings is 2. The fourth-order valence-electron chi connectivity index (χ4n) is 9.33. The molecule has 4 unspecified atom stereocenters. The Labute approximate surface area is 285 Å². The van der Waals surface area contributed by atoms with Crippen molar-refractivity contribution >= 4 is 32.9 Å². The van der Waals surface area contributed by atoms with Crippen molar-refractivity contribution in [2.45, 2.75) is 88.4 Å². The summed E-state index contributed by atoms with van der Waals surface area (Å²) in [6, 6.07) is 11.1. The highest BCUT2D eigenvalue weighted by molar-refractivity contribution is 7.87. The van der Waals surface area contributed by atoms with Gasteiger partial charge in [-0.05, 0) is 86.5 Å². The fourth-order valence-corrected chi connectivity index (χ4v) is 9.87. The van der Waals surface area contributed by atoms with Gasteiger partial charge in [-0.1, -0.05) is 25.3 Å². The van der Waals surface area contributed by atoms with Gasteiger partial charge in [-0.2, -0.15) is 21.5 Å². The van der Waals surface area contributed by atoms with Gasteiger partial charge < -0.3 is 14.2 Å². The summed E-state index contributed by atoms with van der Waals surface area (Å²) in [5.41, 5.74) is 4.02. The van der Waals surface area contributed by atoms with Gasteiger partial charge in [0.2, 0.25) is 5.91 Å². The highest BCUT2D eigenvalue weighted by atomic mass is 32.2. The van der Waals surface area contributed by atoms with Gasteiger partial charge in [0.15, 0.2) is 0 Å². The van der Waals surface area contributed by atoms with Crippen LogP contribution < -0.4 is 9.46 Å². The maximum absolute atomic E-state index is 14.8. The summed E-state index contributed by atoms with van der Waals surface area (Å²) in [5, 5.41) is 0.965. The van der Waals surface area contributed by atoms with E-state index in [9.17, 15) is 26.8 Å². The molecule has 2 bridgehead atoms. The second kappa shape index (κ2) is 11.8. The van der Waals surface area contributed by atoms with Gasteiger partial charge in [0.1, 0.15) is 5.75 Å². The maximum atomic E-state index is 14.8. The molecule has 5 aliphatic rings. The number of halogens is 2. The van der Waals surface area contributed by atoms with Crippen LogP contribution in [0.15, 0.2) is 36.4 Å². The predicted octanol–water partition coefficient (Wildman–Crippen LogP) is 5.29. The number of nitrogens with one attached hydrogen (secondary N) is 1. The topological polar surface area (TPSA) is 104 Å². The van der Waals surface area contributed by atoms with Gasteiger partial charge in [-0.25, -0.2) is 4.72 Å². The van der Waals surface area contributed by atoms with Crippen LogP contribution in [0.1, 0.15) is 84.7 Å². The number of hydrogen-bond donors (Lipinski definition) is 1. The number of fused-ring (bicyclic) bond motifs is 9. The van der Waals surface area contributed by atoms with E-state index in [1.54, 1.807) is 24.3 Å². The molecule has 1 N–H and O–H groups in total. The molecule has 10 nitrogen and oxygen atoms in total. The van der Waals surface area contributed by atoms with Crippen molar-refractivity contribution in [1.29, 1.82) is 0 Å². The number of ether oxygens (including phenoxy) is 1. The van der Waals surface area contributed by atoms with Crippen molar-refractivity contribution in [3.8, 4) is 17.0 Å². The van der Waals surface area contributed by atoms with E-state index < -0.39 is 28.1 Å². The molecule has 3 aliphatic heterocycles. The molecule has 2 aliphatic carbocycles. The van der Waals surface area contributed by atoms with E-state index in [2.05, 4.69) is 21.2 Å². The van der Waals surface area contributed by atoms with Crippen LogP contribution in [0.4, 0.5) is 8.78 Å². The number of rotatable bonds is 7. The molecule has 8 rings (SSSR count). The summed E-state index contributed by atoms with van der Waals surface area (Å²) < 4.78 is 62.3. The lowest BCUT2D eigenvalue weighted by Crippen LogP contribution is -2.55. The summed E-state index contributed by atoms with van der Waals surface area (Å²) >= 11 is 0. The molecule has 2 saturated carbocycles. The van der Waals surface area contributed by atoms with Crippen molar-refractivity contribution < 1.29 is 31.5 Å². The number of hydrogen-bond acceptors (Lipinski definition) is 6. The third kappa shape index (κ3) is 5.34. The lowest BCUT2D eigenvalue weighted by molar-refractivity contribution is -0.141. The normalized spacial score (nSPS) is 26.8. The van der Waals surface area contributed by atoms with E-state index in [-0.39, 0.29) is 29.1 Å². The number of nitrogens with zero attached hydrogens (tertiary/aromatic N) is 4. The number of amides is 2. The van der Waals surface area contributed by atoms with Crippen molar-refractivity contribution in [3.63, 3.8) is 0 Å². The SMILES string of the molecule is CN1C2CCC1CN(C(=O)C13CC1c1cc(OC(F)F)ccc1-c1c(C4CCCCC4)c4ccc(C(=O)NS(=O)(=O)N(C)C)cc4n1C3)C2. The van der Waals surface area contributed by atoms with Crippen LogP contribution in [-0.2, 0) is 21.5 Å². The van der Waals surface area contributed by atoms with E-state index in [1.165, 1.54) is 14.1 Å². The van der Waals surface area contributed by atoms with E-state index in [4.69, 9.17) is 4.74 Å². The first-order valence-corrected chi connectivity index (χ1v) is 18.8.